The lowest BCUT2D eigenvalue weighted by atomic mass is 9.93. The van der Waals surface area contributed by atoms with Gasteiger partial charge in [0.2, 0.25) is 0 Å². The predicted molar refractivity (Wildman–Crippen MR) is 70.4 cm³/mol. The summed E-state index contributed by atoms with van der Waals surface area (Å²) in [7, 11) is 0. The summed E-state index contributed by atoms with van der Waals surface area (Å²) < 4.78 is 0. The van der Waals surface area contributed by atoms with E-state index in [-0.39, 0.29) is 24.8 Å². The molecular weight excluding hydrogens is 231 g/mol. The van der Waals surface area contributed by atoms with E-state index in [1.807, 2.05) is 0 Å². The number of nitrogens with zero attached hydrogens (tertiary/aromatic N) is 1. The van der Waals surface area contributed by atoms with Crippen LogP contribution in [0.25, 0.3) is 0 Å². The van der Waals surface area contributed by atoms with Crippen molar-refractivity contribution in [2.24, 2.45) is 0 Å². The summed E-state index contributed by atoms with van der Waals surface area (Å²) in [4.78, 5) is 2.73. The zero-order valence-electron chi connectivity index (χ0n) is 9.58. The molecule has 1 saturated carbocycles. The fourth-order valence-electron chi connectivity index (χ4n) is 2.81. The largest absolute Gasteiger partial charge is 0.314 e. The van der Waals surface area contributed by atoms with Crippen molar-refractivity contribution in [1.82, 2.24) is 10.2 Å². The molecule has 0 amide bonds. The predicted octanol–water partition coefficient (Wildman–Crippen LogP) is 2.46. The maximum atomic E-state index is 3.46. The highest BCUT2D eigenvalue weighted by atomic mass is 35.5. The highest BCUT2D eigenvalue weighted by molar-refractivity contribution is 5.85. The van der Waals surface area contributed by atoms with Gasteiger partial charge in [0.25, 0.3) is 0 Å². The van der Waals surface area contributed by atoms with Gasteiger partial charge >= 0.3 is 0 Å². The molecule has 1 saturated heterocycles. The van der Waals surface area contributed by atoms with Gasteiger partial charge < -0.3 is 5.32 Å². The maximum Gasteiger partial charge on any atom is 0.0195 e. The highest BCUT2D eigenvalue weighted by Crippen LogP contribution is 2.24. The minimum atomic E-state index is 0. The smallest absolute Gasteiger partial charge is 0.0195 e. The van der Waals surface area contributed by atoms with Gasteiger partial charge in [0.15, 0.2) is 0 Å². The molecule has 2 nitrogen and oxygen atoms in total. The Hall–Kier alpha value is 0.500. The van der Waals surface area contributed by atoms with Crippen LogP contribution in [0.5, 0.6) is 0 Å². The van der Waals surface area contributed by atoms with E-state index in [0.29, 0.717) is 0 Å². The quantitative estimate of drug-likeness (QED) is 0.774. The average Bonchev–Trinajstić information content (AvgIpc) is 2.20. The molecule has 15 heavy (non-hydrogen) atoms. The van der Waals surface area contributed by atoms with Crippen molar-refractivity contribution in [1.29, 1.82) is 0 Å². The summed E-state index contributed by atoms with van der Waals surface area (Å²) in [6.07, 6.45) is 7.29. The van der Waals surface area contributed by atoms with Crippen LogP contribution in [0.1, 0.15) is 39.0 Å². The van der Waals surface area contributed by atoms with Gasteiger partial charge in [-0.1, -0.05) is 19.3 Å². The normalized spacial score (nSPS) is 29.0. The lowest BCUT2D eigenvalue weighted by Gasteiger charge is -2.41. The van der Waals surface area contributed by atoms with Gasteiger partial charge in [0.05, 0.1) is 0 Å². The summed E-state index contributed by atoms with van der Waals surface area (Å²) in [5, 5.41) is 3.46. The Morgan fingerprint density at radius 2 is 1.73 bits per heavy atom. The lowest BCUT2D eigenvalue weighted by molar-refractivity contribution is 0.0914. The van der Waals surface area contributed by atoms with Crippen molar-refractivity contribution >= 4 is 24.8 Å². The van der Waals surface area contributed by atoms with Gasteiger partial charge in [-0.2, -0.15) is 0 Å². The Balaban J connectivity index is 0.000000980. The number of nitrogens with one attached hydrogen (secondary N) is 1. The molecular formula is C11H24Cl2N2. The molecule has 1 N–H and O–H groups in total. The van der Waals surface area contributed by atoms with Crippen LogP contribution in [0.4, 0.5) is 0 Å². The summed E-state index contributed by atoms with van der Waals surface area (Å²) >= 11 is 0. The molecule has 2 rings (SSSR count). The van der Waals surface area contributed by atoms with Crippen molar-refractivity contribution in [3.05, 3.63) is 0 Å². The van der Waals surface area contributed by atoms with Gasteiger partial charge in [0.1, 0.15) is 0 Å². The summed E-state index contributed by atoms with van der Waals surface area (Å²) in [5.74, 6) is 0. The molecule has 1 heterocycles. The molecule has 1 aliphatic heterocycles. The number of piperazine rings is 1. The van der Waals surface area contributed by atoms with Gasteiger partial charge in [-0.3, -0.25) is 4.90 Å². The van der Waals surface area contributed by atoms with E-state index in [9.17, 15) is 0 Å². The fraction of sp³-hybridized carbons (Fsp3) is 1.00. The molecule has 92 valence electrons. The van der Waals surface area contributed by atoms with Gasteiger partial charge in [-0.15, -0.1) is 24.8 Å². The highest BCUT2D eigenvalue weighted by Gasteiger charge is 2.26. The fourth-order valence-corrected chi connectivity index (χ4v) is 2.81. The first-order valence-corrected chi connectivity index (χ1v) is 5.84. The second-order valence-corrected chi connectivity index (χ2v) is 4.58. The Kier molecular flexibility index (Phi) is 7.98. The molecule has 0 aromatic heterocycles. The molecule has 0 bridgehead atoms. The average molecular weight is 255 g/mol. The Bertz CT molecular complexity index is 161. The van der Waals surface area contributed by atoms with E-state index in [0.717, 1.165) is 12.1 Å². The van der Waals surface area contributed by atoms with Gasteiger partial charge in [-0.05, 0) is 19.8 Å². The van der Waals surface area contributed by atoms with E-state index in [1.54, 1.807) is 0 Å². The number of hydrogen-bond acceptors (Lipinski definition) is 2. The monoisotopic (exact) mass is 254 g/mol. The van der Waals surface area contributed by atoms with Gasteiger partial charge in [0, 0.05) is 31.7 Å². The van der Waals surface area contributed by atoms with Crippen molar-refractivity contribution in [3.63, 3.8) is 0 Å². The summed E-state index contributed by atoms with van der Waals surface area (Å²) in [5.41, 5.74) is 0. The molecule has 2 fully saturated rings. The first kappa shape index (κ1) is 15.5. The third-order valence-corrected chi connectivity index (χ3v) is 3.60. The maximum absolute atomic E-state index is 3.46. The lowest BCUT2D eigenvalue weighted by Crippen LogP contribution is -2.54. The van der Waals surface area contributed by atoms with E-state index in [1.165, 1.54) is 51.7 Å². The first-order chi connectivity index (χ1) is 6.38. The van der Waals surface area contributed by atoms with Crippen molar-refractivity contribution < 1.29 is 0 Å². The molecule has 0 radical (unpaired) electrons. The SMILES string of the molecule is C[C@@H]1CNCCN1C1CCCCC1.Cl.Cl. The summed E-state index contributed by atoms with van der Waals surface area (Å²) in [6.45, 7) is 6.02. The molecule has 0 unspecified atom stereocenters. The number of halogens is 2. The van der Waals surface area contributed by atoms with Crippen molar-refractivity contribution in [3.8, 4) is 0 Å². The van der Waals surface area contributed by atoms with Crippen LogP contribution in [-0.2, 0) is 0 Å². The zero-order valence-corrected chi connectivity index (χ0v) is 11.2. The number of hydrogen-bond donors (Lipinski definition) is 1. The molecule has 1 atom stereocenters. The van der Waals surface area contributed by atoms with Crippen LogP contribution >= 0.6 is 24.8 Å². The minimum Gasteiger partial charge on any atom is -0.314 e. The third kappa shape index (κ3) is 4.10. The summed E-state index contributed by atoms with van der Waals surface area (Å²) in [6, 6.07) is 1.67. The van der Waals surface area contributed by atoms with Gasteiger partial charge in [-0.25, -0.2) is 0 Å². The molecule has 1 aliphatic carbocycles. The molecule has 4 heteroatoms. The molecule has 2 aliphatic rings. The minimum absolute atomic E-state index is 0. The second kappa shape index (κ2) is 7.72. The Morgan fingerprint density at radius 1 is 1.07 bits per heavy atom. The van der Waals surface area contributed by atoms with Crippen molar-refractivity contribution in [2.45, 2.75) is 51.1 Å². The van der Waals surface area contributed by atoms with Crippen molar-refractivity contribution in [2.75, 3.05) is 19.6 Å². The standard InChI is InChI=1S/C11H22N2.2ClH/c1-10-9-12-7-8-13(10)11-5-3-2-4-6-11;;/h10-12H,2-9H2,1H3;2*1H/t10-;;/m1../s1. The van der Waals surface area contributed by atoms with Crippen LogP contribution in [0, 0.1) is 0 Å². The van der Waals surface area contributed by atoms with E-state index < -0.39 is 0 Å². The van der Waals surface area contributed by atoms with Crippen LogP contribution < -0.4 is 5.32 Å². The number of rotatable bonds is 1. The van der Waals surface area contributed by atoms with E-state index >= 15 is 0 Å². The molecule has 0 aromatic rings. The second-order valence-electron chi connectivity index (χ2n) is 4.58. The first-order valence-electron chi connectivity index (χ1n) is 5.84. The van der Waals surface area contributed by atoms with E-state index in [4.69, 9.17) is 0 Å². The molecule has 0 aromatic carbocycles. The topological polar surface area (TPSA) is 15.3 Å². The van der Waals surface area contributed by atoms with Crippen LogP contribution in [0.15, 0.2) is 0 Å². The Labute approximate surface area is 106 Å². The van der Waals surface area contributed by atoms with E-state index in [2.05, 4.69) is 17.1 Å². The zero-order chi connectivity index (χ0) is 9.10. The third-order valence-electron chi connectivity index (χ3n) is 3.60. The Morgan fingerprint density at radius 3 is 2.33 bits per heavy atom. The molecule has 0 spiro atoms. The van der Waals surface area contributed by atoms with Crippen LogP contribution in [-0.4, -0.2) is 36.6 Å². The van der Waals surface area contributed by atoms with Crippen LogP contribution in [0.2, 0.25) is 0 Å². The van der Waals surface area contributed by atoms with Crippen LogP contribution in [0.3, 0.4) is 0 Å².